The maximum absolute atomic E-state index is 13.0. The average Bonchev–Trinajstić information content (AvgIpc) is 3.22. The number of furan rings is 1. The molecule has 0 aliphatic heterocycles. The van der Waals surface area contributed by atoms with Gasteiger partial charge in [0.15, 0.2) is 0 Å². The summed E-state index contributed by atoms with van der Waals surface area (Å²) in [6.07, 6.45) is -5.30. The molecule has 0 aliphatic rings. The van der Waals surface area contributed by atoms with Gasteiger partial charge in [0.25, 0.3) is 0 Å². The van der Waals surface area contributed by atoms with Gasteiger partial charge in [0.2, 0.25) is 5.91 Å². The van der Waals surface area contributed by atoms with Crippen LogP contribution in [0.1, 0.15) is 42.6 Å². The van der Waals surface area contributed by atoms with E-state index < -0.39 is 35.0 Å². The lowest BCUT2D eigenvalue weighted by molar-refractivity contribution is -0.143. The Bertz CT molecular complexity index is 959. The Hall–Kier alpha value is -3.24. The van der Waals surface area contributed by atoms with Crippen LogP contribution in [-0.2, 0) is 26.7 Å². The molecule has 0 saturated heterocycles. The molecule has 0 bridgehead atoms. The summed E-state index contributed by atoms with van der Waals surface area (Å²) in [5, 5.41) is 2.61. The van der Waals surface area contributed by atoms with E-state index in [2.05, 4.69) is 10.1 Å². The highest BCUT2D eigenvalue weighted by Crippen LogP contribution is 2.39. The van der Waals surface area contributed by atoms with Crippen molar-refractivity contribution in [3.63, 3.8) is 0 Å². The maximum atomic E-state index is 13.0. The van der Waals surface area contributed by atoms with E-state index in [1.165, 1.54) is 25.3 Å². The minimum absolute atomic E-state index is 0.0348. The maximum Gasteiger partial charge on any atom is 0.416 e. The zero-order valence-electron chi connectivity index (χ0n) is 17.5. The van der Waals surface area contributed by atoms with Crippen molar-refractivity contribution in [3.8, 4) is 11.3 Å². The second kappa shape index (κ2) is 11.1. The summed E-state index contributed by atoms with van der Waals surface area (Å²) in [5.41, 5.74) is -3.30. The van der Waals surface area contributed by atoms with Gasteiger partial charge in [0, 0.05) is 24.6 Å². The zero-order valence-corrected chi connectivity index (χ0v) is 17.5. The fourth-order valence-corrected chi connectivity index (χ4v) is 2.80. The summed E-state index contributed by atoms with van der Waals surface area (Å²) >= 11 is 0. The number of hydrogen-bond donors (Lipinski definition) is 1. The van der Waals surface area contributed by atoms with E-state index in [1.54, 1.807) is 0 Å². The van der Waals surface area contributed by atoms with Crippen molar-refractivity contribution in [1.29, 1.82) is 0 Å². The summed E-state index contributed by atoms with van der Waals surface area (Å²) in [6, 6.07) is 3.70. The summed E-state index contributed by atoms with van der Waals surface area (Å²) in [6.45, 7) is 0.359. The Balaban J connectivity index is 2.00. The summed E-state index contributed by atoms with van der Waals surface area (Å²) in [5.74, 6) is -0.902. The van der Waals surface area contributed by atoms with Crippen molar-refractivity contribution in [3.05, 3.63) is 53.3 Å². The highest BCUT2D eigenvalue weighted by atomic mass is 19.4. The molecular formula is C22H21F6NO4. The van der Waals surface area contributed by atoms with Crippen LogP contribution in [-0.4, -0.2) is 25.5 Å². The first-order chi connectivity index (χ1) is 15.4. The Morgan fingerprint density at radius 3 is 2.18 bits per heavy atom. The van der Waals surface area contributed by atoms with Gasteiger partial charge in [-0.3, -0.25) is 9.59 Å². The molecule has 0 fully saturated rings. The number of benzene rings is 1. The van der Waals surface area contributed by atoms with Crippen LogP contribution in [0.25, 0.3) is 17.4 Å². The third-order valence-corrected chi connectivity index (χ3v) is 4.48. The monoisotopic (exact) mass is 477 g/mol. The van der Waals surface area contributed by atoms with Crippen LogP contribution in [0.15, 0.2) is 40.8 Å². The lowest BCUT2D eigenvalue weighted by Gasteiger charge is -2.13. The first-order valence-corrected chi connectivity index (χ1v) is 9.82. The summed E-state index contributed by atoms with van der Waals surface area (Å²) in [7, 11) is 1.30. The van der Waals surface area contributed by atoms with Gasteiger partial charge in [-0.15, -0.1) is 0 Å². The van der Waals surface area contributed by atoms with Gasteiger partial charge < -0.3 is 14.5 Å². The molecule has 0 atom stereocenters. The molecule has 1 aromatic carbocycles. The Labute approximate surface area is 185 Å². The third-order valence-electron chi connectivity index (χ3n) is 4.48. The number of methoxy groups -OCH3 is 1. The fourth-order valence-electron chi connectivity index (χ4n) is 2.80. The molecule has 0 spiro atoms. The number of rotatable bonds is 9. The first kappa shape index (κ1) is 26.0. The second-order valence-electron chi connectivity index (χ2n) is 7.01. The molecule has 2 rings (SSSR count). The van der Waals surface area contributed by atoms with Crippen molar-refractivity contribution < 1.29 is 45.1 Å². The standard InChI is InChI=1S/C22H21F6NO4/c1-32-20(31)5-3-2-4-10-29-19(30)9-7-17-6-8-18(33-17)14-11-15(21(23,24)25)13-16(12-14)22(26,27)28/h6-9,11-13H,2-5,10H2,1H3,(H,29,30)/b9-7+. The predicted octanol–water partition coefficient (Wildman–Crippen LogP) is 5.85. The molecule has 180 valence electrons. The number of carbonyl (C=O) groups is 2. The molecular weight excluding hydrogens is 456 g/mol. The minimum atomic E-state index is -4.97. The number of halogens is 6. The number of esters is 1. The van der Waals surface area contributed by atoms with Crippen molar-refractivity contribution >= 4 is 18.0 Å². The largest absolute Gasteiger partial charge is 0.469 e. The molecule has 33 heavy (non-hydrogen) atoms. The minimum Gasteiger partial charge on any atom is -0.469 e. The van der Waals surface area contributed by atoms with Crippen LogP contribution >= 0.6 is 0 Å². The van der Waals surface area contributed by atoms with Gasteiger partial charge in [-0.25, -0.2) is 0 Å². The van der Waals surface area contributed by atoms with Gasteiger partial charge in [-0.2, -0.15) is 26.3 Å². The number of nitrogens with one attached hydrogen (secondary N) is 1. The molecule has 2 aromatic rings. The number of ether oxygens (including phenoxy) is 1. The van der Waals surface area contributed by atoms with Crippen LogP contribution in [0.3, 0.4) is 0 Å². The van der Waals surface area contributed by atoms with Crippen LogP contribution in [0.2, 0.25) is 0 Å². The van der Waals surface area contributed by atoms with Crippen molar-refractivity contribution in [2.75, 3.05) is 13.7 Å². The summed E-state index contributed by atoms with van der Waals surface area (Å²) in [4.78, 5) is 22.8. The molecule has 0 radical (unpaired) electrons. The lowest BCUT2D eigenvalue weighted by Crippen LogP contribution is -2.22. The summed E-state index contributed by atoms with van der Waals surface area (Å²) < 4.78 is 87.9. The van der Waals surface area contributed by atoms with Crippen LogP contribution in [0.4, 0.5) is 26.3 Å². The molecule has 1 N–H and O–H groups in total. The molecule has 0 unspecified atom stereocenters. The number of amides is 1. The van der Waals surface area contributed by atoms with Crippen LogP contribution in [0, 0.1) is 0 Å². The van der Waals surface area contributed by atoms with Gasteiger partial charge in [-0.05, 0) is 49.2 Å². The zero-order chi connectivity index (χ0) is 24.6. The van der Waals surface area contributed by atoms with E-state index in [4.69, 9.17) is 4.42 Å². The highest BCUT2D eigenvalue weighted by molar-refractivity contribution is 5.91. The van der Waals surface area contributed by atoms with Gasteiger partial charge >= 0.3 is 18.3 Å². The van der Waals surface area contributed by atoms with E-state index in [0.29, 0.717) is 44.4 Å². The van der Waals surface area contributed by atoms with Crippen molar-refractivity contribution in [2.45, 2.75) is 38.0 Å². The SMILES string of the molecule is COC(=O)CCCCCNC(=O)/C=C/c1ccc(-c2cc(C(F)(F)F)cc(C(F)(F)F)c2)o1. The third kappa shape index (κ3) is 8.32. The normalized spacial score (nSPS) is 12.2. The van der Waals surface area contributed by atoms with Gasteiger partial charge in [0.05, 0.1) is 18.2 Å². The molecule has 0 saturated carbocycles. The number of carbonyl (C=O) groups excluding carboxylic acids is 2. The predicted molar refractivity (Wildman–Crippen MR) is 107 cm³/mol. The molecule has 1 heterocycles. The van der Waals surface area contributed by atoms with E-state index in [-0.39, 0.29) is 23.6 Å². The van der Waals surface area contributed by atoms with Crippen LogP contribution in [0.5, 0.6) is 0 Å². The molecule has 1 amide bonds. The van der Waals surface area contributed by atoms with Crippen molar-refractivity contribution in [2.24, 2.45) is 0 Å². The van der Waals surface area contributed by atoms with E-state index in [1.807, 2.05) is 0 Å². The molecule has 5 nitrogen and oxygen atoms in total. The Kier molecular flexibility index (Phi) is 8.72. The lowest BCUT2D eigenvalue weighted by atomic mass is 10.0. The van der Waals surface area contributed by atoms with Crippen LogP contribution < -0.4 is 5.32 Å². The van der Waals surface area contributed by atoms with Gasteiger partial charge in [-0.1, -0.05) is 6.42 Å². The first-order valence-electron chi connectivity index (χ1n) is 9.82. The van der Waals surface area contributed by atoms with E-state index in [9.17, 15) is 35.9 Å². The average molecular weight is 477 g/mol. The fraction of sp³-hybridized carbons (Fsp3) is 0.364. The van der Waals surface area contributed by atoms with Crippen molar-refractivity contribution in [1.82, 2.24) is 5.32 Å². The topological polar surface area (TPSA) is 68.5 Å². The molecule has 0 aliphatic carbocycles. The second-order valence-corrected chi connectivity index (χ2v) is 7.01. The number of unbranched alkanes of at least 4 members (excludes halogenated alkanes) is 2. The molecule has 1 aromatic heterocycles. The smallest absolute Gasteiger partial charge is 0.416 e. The Morgan fingerprint density at radius 2 is 1.61 bits per heavy atom. The Morgan fingerprint density at radius 1 is 0.970 bits per heavy atom. The number of alkyl halides is 6. The number of hydrogen-bond acceptors (Lipinski definition) is 4. The highest BCUT2D eigenvalue weighted by Gasteiger charge is 2.37. The molecule has 11 heteroatoms. The quantitative estimate of drug-likeness (QED) is 0.213. The van der Waals surface area contributed by atoms with E-state index >= 15 is 0 Å². The van der Waals surface area contributed by atoms with Gasteiger partial charge in [0.1, 0.15) is 11.5 Å². The van der Waals surface area contributed by atoms with E-state index in [0.717, 1.165) is 6.08 Å².